The minimum atomic E-state index is -1.23. The fraction of sp³-hybridized carbons (Fsp3) is 0.0800. The van der Waals surface area contributed by atoms with E-state index in [0.717, 1.165) is 6.07 Å². The Labute approximate surface area is 202 Å². The molecule has 2 heterocycles. The van der Waals surface area contributed by atoms with Crippen molar-refractivity contribution in [3.8, 4) is 11.1 Å². The van der Waals surface area contributed by atoms with Gasteiger partial charge in [0.1, 0.15) is 29.3 Å². The molecule has 0 aliphatic carbocycles. The van der Waals surface area contributed by atoms with Crippen LogP contribution in [0.5, 0.6) is 0 Å². The highest BCUT2D eigenvalue weighted by atomic mass is 35.5. The number of methoxy groups -OCH3 is 1. The largest absolute Gasteiger partial charge is 0.464 e. The van der Waals surface area contributed by atoms with Crippen molar-refractivity contribution in [2.45, 2.75) is 5.92 Å². The van der Waals surface area contributed by atoms with Crippen LogP contribution >= 0.6 is 11.6 Å². The van der Waals surface area contributed by atoms with E-state index in [1.54, 1.807) is 12.1 Å². The average Bonchev–Trinajstić information content (AvgIpc) is 2.84. The summed E-state index contributed by atoms with van der Waals surface area (Å²) < 4.78 is 23.3. The molecule has 0 unspecified atom stereocenters. The van der Waals surface area contributed by atoms with E-state index >= 15 is 0 Å². The lowest BCUT2D eigenvalue weighted by Crippen LogP contribution is -2.22. The topological polar surface area (TPSA) is 116 Å². The Morgan fingerprint density at radius 2 is 1.91 bits per heavy atom. The summed E-state index contributed by atoms with van der Waals surface area (Å²) in [5.74, 6) is -3.05. The summed E-state index contributed by atoms with van der Waals surface area (Å²) in [5.41, 5.74) is 0.856. The van der Waals surface area contributed by atoms with E-state index in [-0.39, 0.29) is 27.6 Å². The highest BCUT2D eigenvalue weighted by Gasteiger charge is 2.22. The van der Waals surface area contributed by atoms with Crippen molar-refractivity contribution in [3.63, 3.8) is 0 Å². The van der Waals surface area contributed by atoms with Crippen LogP contribution in [0.1, 0.15) is 22.0 Å². The summed E-state index contributed by atoms with van der Waals surface area (Å²) in [6, 6.07) is 12.4. The van der Waals surface area contributed by atoms with Gasteiger partial charge in [0.25, 0.3) is 0 Å². The molecule has 0 spiro atoms. The number of nitrogens with one attached hydrogen (secondary N) is 1. The van der Waals surface area contributed by atoms with Gasteiger partial charge in [-0.15, -0.1) is 0 Å². The highest BCUT2D eigenvalue weighted by molar-refractivity contribution is 6.33. The molecular formula is C25H16ClFN2O6. The van der Waals surface area contributed by atoms with Crippen LogP contribution in [0.15, 0.2) is 70.0 Å². The smallest absolute Gasteiger partial charge is 0.356 e. The molecule has 4 aromatic rings. The summed E-state index contributed by atoms with van der Waals surface area (Å²) in [6.45, 7) is 0. The van der Waals surface area contributed by atoms with E-state index in [1.807, 2.05) is 0 Å². The number of fused-ring (bicyclic) bond motifs is 1. The Morgan fingerprint density at radius 1 is 1.11 bits per heavy atom. The highest BCUT2D eigenvalue weighted by Crippen LogP contribution is 2.34. The second-order valence-electron chi connectivity index (χ2n) is 7.39. The van der Waals surface area contributed by atoms with Crippen LogP contribution in [0.3, 0.4) is 0 Å². The molecule has 1 N–H and O–H groups in total. The molecule has 0 fully saturated rings. The average molecular weight is 495 g/mol. The fourth-order valence-corrected chi connectivity index (χ4v) is 3.78. The van der Waals surface area contributed by atoms with Crippen LogP contribution in [0, 0.1) is 5.82 Å². The Balaban J connectivity index is 1.67. The number of ether oxygens (including phenoxy) is 1. The van der Waals surface area contributed by atoms with Crippen LogP contribution in [0.2, 0.25) is 5.02 Å². The molecule has 1 amide bonds. The number of aromatic nitrogens is 1. The molecule has 2 aromatic carbocycles. The maximum atomic E-state index is 13.5. The van der Waals surface area contributed by atoms with E-state index < -0.39 is 29.2 Å². The van der Waals surface area contributed by atoms with Crippen molar-refractivity contribution in [2.75, 3.05) is 12.4 Å². The third kappa shape index (κ3) is 4.95. The van der Waals surface area contributed by atoms with Gasteiger partial charge in [0.05, 0.1) is 24.0 Å². The number of hydrogen-bond acceptors (Lipinski definition) is 7. The molecule has 10 heteroatoms. The Hall–Kier alpha value is -4.37. The summed E-state index contributed by atoms with van der Waals surface area (Å²) in [5, 5.41) is 3.15. The number of carbonyl (C=O) groups is 3. The molecule has 4 rings (SSSR count). The number of anilines is 1. The molecule has 0 bridgehead atoms. The van der Waals surface area contributed by atoms with Crippen molar-refractivity contribution < 1.29 is 27.9 Å². The number of rotatable bonds is 6. The van der Waals surface area contributed by atoms with Gasteiger partial charge in [-0.2, -0.15) is 0 Å². The zero-order chi connectivity index (χ0) is 25.1. The molecule has 0 saturated heterocycles. The molecule has 1 atom stereocenters. The monoisotopic (exact) mass is 494 g/mol. The maximum absolute atomic E-state index is 13.5. The van der Waals surface area contributed by atoms with Gasteiger partial charge >= 0.3 is 11.6 Å². The first-order valence-corrected chi connectivity index (χ1v) is 10.5. The Bertz CT molecular complexity index is 1520. The molecule has 0 radical (unpaired) electrons. The minimum absolute atomic E-state index is 0.0547. The zero-order valence-corrected chi connectivity index (χ0v) is 18.8. The summed E-state index contributed by atoms with van der Waals surface area (Å²) in [7, 11) is 1.22. The quantitative estimate of drug-likeness (QED) is 0.183. The number of aldehydes is 1. The van der Waals surface area contributed by atoms with Crippen molar-refractivity contribution >= 4 is 46.4 Å². The predicted molar refractivity (Wildman–Crippen MR) is 126 cm³/mol. The van der Waals surface area contributed by atoms with E-state index in [1.165, 1.54) is 49.7 Å². The van der Waals surface area contributed by atoms with E-state index in [2.05, 4.69) is 15.0 Å². The maximum Gasteiger partial charge on any atom is 0.356 e. The first kappa shape index (κ1) is 23.8. The third-order valence-electron chi connectivity index (χ3n) is 5.19. The van der Waals surface area contributed by atoms with Crippen LogP contribution in [-0.2, 0) is 14.3 Å². The first-order valence-electron chi connectivity index (χ1n) is 10.1. The Kier molecular flexibility index (Phi) is 6.70. The van der Waals surface area contributed by atoms with Gasteiger partial charge in [-0.1, -0.05) is 23.7 Å². The van der Waals surface area contributed by atoms with E-state index in [4.69, 9.17) is 16.0 Å². The number of benzene rings is 2. The second kappa shape index (κ2) is 9.86. The molecule has 176 valence electrons. The lowest BCUT2D eigenvalue weighted by Gasteiger charge is -2.13. The Morgan fingerprint density at radius 3 is 2.57 bits per heavy atom. The number of pyridine rings is 1. The number of esters is 1. The van der Waals surface area contributed by atoms with E-state index in [0.29, 0.717) is 22.8 Å². The third-order valence-corrected chi connectivity index (χ3v) is 5.51. The van der Waals surface area contributed by atoms with Gasteiger partial charge < -0.3 is 19.3 Å². The lowest BCUT2D eigenvalue weighted by atomic mass is 9.95. The van der Waals surface area contributed by atoms with Gasteiger partial charge in [0.2, 0.25) is 5.91 Å². The van der Waals surface area contributed by atoms with Crippen molar-refractivity contribution in [2.24, 2.45) is 0 Å². The molecule has 0 aliphatic rings. The van der Waals surface area contributed by atoms with Gasteiger partial charge in [0.15, 0.2) is 0 Å². The zero-order valence-electron chi connectivity index (χ0n) is 18.1. The van der Waals surface area contributed by atoms with Gasteiger partial charge in [-0.05, 0) is 42.0 Å². The summed E-state index contributed by atoms with van der Waals surface area (Å²) in [4.78, 5) is 52.2. The van der Waals surface area contributed by atoms with Crippen LogP contribution < -0.4 is 10.9 Å². The summed E-state index contributed by atoms with van der Waals surface area (Å²) >= 11 is 6.17. The van der Waals surface area contributed by atoms with Gasteiger partial charge in [0, 0.05) is 22.6 Å². The second-order valence-corrected chi connectivity index (χ2v) is 7.79. The van der Waals surface area contributed by atoms with Crippen LogP contribution in [0.25, 0.3) is 22.1 Å². The summed E-state index contributed by atoms with van der Waals surface area (Å²) in [6.07, 6.45) is 1.70. The lowest BCUT2D eigenvalue weighted by molar-refractivity contribution is -0.122. The molecule has 8 nitrogen and oxygen atoms in total. The van der Waals surface area contributed by atoms with Crippen molar-refractivity contribution in [1.29, 1.82) is 0 Å². The van der Waals surface area contributed by atoms with Crippen LogP contribution in [-0.4, -0.2) is 30.3 Å². The normalized spacial score (nSPS) is 11.6. The standard InChI is InChI=1S/C25H16ClFN2O6/c1-34-25(33)21-7-4-15(11-28-21)29-24(32)19(12-30)13-2-5-17-18(10-23(31)35-22(17)8-13)16-6-3-14(27)9-20(16)26/h2-12,19H,1H3,(H,29,32)/t19-/m0/s1. The predicted octanol–water partition coefficient (Wildman–Crippen LogP) is 4.36. The molecule has 35 heavy (non-hydrogen) atoms. The number of hydrogen-bond donors (Lipinski definition) is 1. The van der Waals surface area contributed by atoms with Crippen molar-refractivity contribution in [1.82, 2.24) is 4.98 Å². The van der Waals surface area contributed by atoms with E-state index in [9.17, 15) is 23.6 Å². The molecule has 0 saturated carbocycles. The van der Waals surface area contributed by atoms with Crippen molar-refractivity contribution in [3.05, 3.63) is 93.3 Å². The molecule has 2 aromatic heterocycles. The number of carbonyl (C=O) groups excluding carboxylic acids is 3. The van der Waals surface area contributed by atoms with Gasteiger partial charge in [-0.25, -0.2) is 19.0 Å². The number of halogens is 2. The SMILES string of the molecule is COC(=O)c1ccc(NC(=O)[C@@H](C=O)c2ccc3c(-c4ccc(F)cc4Cl)cc(=O)oc3c2)cn1. The molecule has 0 aliphatic heterocycles. The number of nitrogens with zero attached hydrogens (tertiary/aromatic N) is 1. The first-order chi connectivity index (χ1) is 16.8. The van der Waals surface area contributed by atoms with Crippen LogP contribution in [0.4, 0.5) is 10.1 Å². The number of amides is 1. The fourth-order valence-electron chi connectivity index (χ4n) is 3.51. The molecular weight excluding hydrogens is 479 g/mol. The van der Waals surface area contributed by atoms with Gasteiger partial charge in [-0.3, -0.25) is 4.79 Å². The minimum Gasteiger partial charge on any atom is -0.464 e.